The topological polar surface area (TPSA) is 94.5 Å². The minimum atomic E-state index is -0.956. The van der Waals surface area contributed by atoms with E-state index >= 15 is 0 Å². The van der Waals surface area contributed by atoms with E-state index in [0.29, 0.717) is 35.8 Å². The summed E-state index contributed by atoms with van der Waals surface area (Å²) < 4.78 is 23.2. The number of ether oxygens (including phenoxy) is 4. The molecular weight excluding hydrogens is 628 g/mol. The lowest BCUT2D eigenvalue weighted by Crippen LogP contribution is -2.32. The van der Waals surface area contributed by atoms with Crippen molar-refractivity contribution in [3.63, 3.8) is 0 Å². The first-order valence-corrected chi connectivity index (χ1v) is 19.2. The largest absolute Gasteiger partial charge is 0.494 e. The quantitative estimate of drug-likeness (QED) is 0.0393. The molecule has 2 aromatic carbocycles. The highest BCUT2D eigenvalue weighted by Gasteiger charge is 2.25. The van der Waals surface area contributed by atoms with E-state index in [1.807, 2.05) is 52.0 Å². The van der Waals surface area contributed by atoms with Crippen molar-refractivity contribution in [2.75, 3.05) is 6.61 Å². The van der Waals surface area contributed by atoms with Crippen LogP contribution in [0.15, 0.2) is 60.7 Å². The average Bonchev–Trinajstić information content (AvgIpc) is 3.07. The van der Waals surface area contributed by atoms with Crippen molar-refractivity contribution < 1.29 is 34.0 Å². The third kappa shape index (κ3) is 15.7. The zero-order chi connectivity index (χ0) is 36.6. The molecule has 280 valence electrons. The second-order valence-electron chi connectivity index (χ2n) is 15.7. The fraction of sp³-hybridized carbons (Fsp3) is 0.651. The molecule has 1 saturated carbocycles. The highest BCUT2D eigenvalue weighted by Crippen LogP contribution is 2.38. The van der Waals surface area contributed by atoms with Crippen LogP contribution in [0.3, 0.4) is 0 Å². The Balaban J connectivity index is 1.25. The summed E-state index contributed by atoms with van der Waals surface area (Å²) >= 11 is 0. The SMILES string of the molecule is C=C(C)C(O)OC(C)(C)CCCCC(O)OC(C)(C)CCCCCCOc1ccc(C(=O)Oc2ccc(C3CCC(CCC)CC3)cc2)cc1. The van der Waals surface area contributed by atoms with E-state index in [0.717, 1.165) is 63.0 Å². The molecule has 0 radical (unpaired) electrons. The third-order valence-electron chi connectivity index (χ3n) is 9.92. The molecule has 1 aliphatic carbocycles. The Morgan fingerprint density at radius 3 is 2.00 bits per heavy atom. The van der Waals surface area contributed by atoms with Crippen molar-refractivity contribution in [3.8, 4) is 11.5 Å². The molecule has 2 atom stereocenters. The Hall–Kier alpha value is -2.71. The van der Waals surface area contributed by atoms with Gasteiger partial charge < -0.3 is 29.2 Å². The molecule has 0 aliphatic heterocycles. The molecule has 7 heteroatoms. The normalized spacial score (nSPS) is 18.0. The highest BCUT2D eigenvalue weighted by atomic mass is 16.6. The van der Waals surface area contributed by atoms with Gasteiger partial charge in [0.2, 0.25) is 0 Å². The molecule has 7 nitrogen and oxygen atoms in total. The van der Waals surface area contributed by atoms with Crippen molar-refractivity contribution in [1.29, 1.82) is 0 Å². The molecule has 50 heavy (non-hydrogen) atoms. The van der Waals surface area contributed by atoms with Crippen LogP contribution in [0.25, 0.3) is 0 Å². The first-order valence-electron chi connectivity index (χ1n) is 19.2. The molecule has 0 amide bonds. The molecule has 2 unspecified atom stereocenters. The maximum atomic E-state index is 12.7. The van der Waals surface area contributed by atoms with Crippen molar-refractivity contribution in [2.24, 2.45) is 5.92 Å². The highest BCUT2D eigenvalue weighted by molar-refractivity contribution is 5.91. The van der Waals surface area contributed by atoms with Gasteiger partial charge in [0.05, 0.1) is 23.4 Å². The van der Waals surface area contributed by atoms with Crippen LogP contribution < -0.4 is 9.47 Å². The van der Waals surface area contributed by atoms with Crippen LogP contribution in [-0.4, -0.2) is 46.6 Å². The molecule has 1 fully saturated rings. The van der Waals surface area contributed by atoms with Gasteiger partial charge in [0.25, 0.3) is 0 Å². The van der Waals surface area contributed by atoms with Gasteiger partial charge in [-0.05, 0) is 152 Å². The number of hydrogen-bond acceptors (Lipinski definition) is 7. The lowest BCUT2D eigenvalue weighted by Gasteiger charge is -2.30. The Morgan fingerprint density at radius 1 is 0.800 bits per heavy atom. The molecule has 2 aromatic rings. The van der Waals surface area contributed by atoms with Crippen molar-refractivity contribution in [2.45, 2.75) is 168 Å². The number of hydrogen-bond donors (Lipinski definition) is 2. The van der Waals surface area contributed by atoms with Crippen LogP contribution in [0.5, 0.6) is 11.5 Å². The second kappa shape index (κ2) is 21.0. The Labute approximate surface area is 302 Å². The van der Waals surface area contributed by atoms with E-state index in [4.69, 9.17) is 18.9 Å². The molecular formula is C43H66O7. The molecule has 2 N–H and O–H groups in total. The Kier molecular flexibility index (Phi) is 17.5. The minimum Gasteiger partial charge on any atom is -0.494 e. The number of rotatable bonds is 23. The average molecular weight is 695 g/mol. The standard InChI is InChI=1S/C43H66O7/c1-8-15-33-17-19-34(20-18-33)35-21-27-38(28-22-35)48-41(46)36-23-25-37(26-24-36)47-31-14-10-9-12-29-42(4,5)49-39(44)16-11-13-30-43(6,7)50-40(45)32(2)3/h21-28,33-34,39-40,44-45H,2,8-20,29-31H2,1,3-7H3. The Morgan fingerprint density at radius 2 is 1.38 bits per heavy atom. The minimum absolute atomic E-state index is 0.366. The van der Waals surface area contributed by atoms with Crippen LogP contribution in [0.4, 0.5) is 0 Å². The molecule has 0 bridgehead atoms. The fourth-order valence-corrected chi connectivity index (χ4v) is 6.87. The summed E-state index contributed by atoms with van der Waals surface area (Å²) in [5, 5.41) is 20.4. The van der Waals surface area contributed by atoms with Gasteiger partial charge >= 0.3 is 5.97 Å². The maximum Gasteiger partial charge on any atom is 0.343 e. The van der Waals surface area contributed by atoms with Gasteiger partial charge in [-0.25, -0.2) is 4.79 Å². The lowest BCUT2D eigenvalue weighted by atomic mass is 9.77. The van der Waals surface area contributed by atoms with Crippen molar-refractivity contribution in [1.82, 2.24) is 0 Å². The van der Waals surface area contributed by atoms with Crippen molar-refractivity contribution >= 4 is 5.97 Å². The van der Waals surface area contributed by atoms with E-state index in [-0.39, 0.29) is 5.97 Å². The lowest BCUT2D eigenvalue weighted by molar-refractivity contribution is -0.179. The summed E-state index contributed by atoms with van der Waals surface area (Å²) in [7, 11) is 0. The van der Waals surface area contributed by atoms with Gasteiger partial charge in [-0.1, -0.05) is 64.2 Å². The fourth-order valence-electron chi connectivity index (χ4n) is 6.87. The number of aliphatic hydroxyl groups is 2. The number of unbranched alkanes of at least 4 members (excludes halogenated alkanes) is 4. The maximum absolute atomic E-state index is 12.7. The monoisotopic (exact) mass is 694 g/mol. The summed E-state index contributed by atoms with van der Waals surface area (Å²) in [5.41, 5.74) is 1.58. The van der Waals surface area contributed by atoms with Gasteiger partial charge in [0.1, 0.15) is 11.5 Å². The first-order chi connectivity index (χ1) is 23.8. The number of benzene rings is 2. The summed E-state index contributed by atoms with van der Waals surface area (Å²) in [6.45, 7) is 16.3. The molecule has 1 aliphatic rings. The van der Waals surface area contributed by atoms with Crippen LogP contribution >= 0.6 is 0 Å². The summed E-state index contributed by atoms with van der Waals surface area (Å²) in [5.74, 6) is 2.45. The second-order valence-corrected chi connectivity index (χ2v) is 15.7. The van der Waals surface area contributed by atoms with Gasteiger partial charge in [-0.2, -0.15) is 0 Å². The number of esters is 1. The summed E-state index contributed by atoms with van der Waals surface area (Å²) in [4.78, 5) is 12.7. The Bertz CT molecular complexity index is 1260. The molecule has 0 saturated heterocycles. The van der Waals surface area contributed by atoms with E-state index in [9.17, 15) is 15.0 Å². The summed E-state index contributed by atoms with van der Waals surface area (Å²) in [6, 6.07) is 15.2. The zero-order valence-corrected chi connectivity index (χ0v) is 31.9. The zero-order valence-electron chi connectivity index (χ0n) is 31.9. The van der Waals surface area contributed by atoms with Crippen LogP contribution in [-0.2, 0) is 9.47 Å². The van der Waals surface area contributed by atoms with E-state index in [1.165, 1.54) is 44.1 Å². The van der Waals surface area contributed by atoms with Gasteiger partial charge in [-0.15, -0.1) is 0 Å². The number of aliphatic hydroxyl groups excluding tert-OH is 2. The van der Waals surface area contributed by atoms with Crippen LogP contribution in [0.1, 0.15) is 160 Å². The van der Waals surface area contributed by atoms with Gasteiger partial charge in [0.15, 0.2) is 12.6 Å². The number of carbonyl (C=O) groups excluding carboxylic acids is 1. The van der Waals surface area contributed by atoms with Gasteiger partial charge in [0, 0.05) is 0 Å². The predicted octanol–water partition coefficient (Wildman–Crippen LogP) is 10.7. The van der Waals surface area contributed by atoms with Crippen LogP contribution in [0.2, 0.25) is 0 Å². The van der Waals surface area contributed by atoms with E-state index in [1.54, 1.807) is 19.1 Å². The number of carbonyl (C=O) groups is 1. The van der Waals surface area contributed by atoms with Crippen molar-refractivity contribution in [3.05, 3.63) is 71.8 Å². The van der Waals surface area contributed by atoms with E-state index < -0.39 is 23.8 Å². The molecule has 3 rings (SSSR count). The molecule has 0 heterocycles. The first kappa shape index (κ1) is 41.7. The smallest absolute Gasteiger partial charge is 0.343 e. The van der Waals surface area contributed by atoms with Crippen LogP contribution in [0, 0.1) is 5.92 Å². The van der Waals surface area contributed by atoms with Gasteiger partial charge in [-0.3, -0.25) is 0 Å². The third-order valence-corrected chi connectivity index (χ3v) is 9.92. The predicted molar refractivity (Wildman–Crippen MR) is 202 cm³/mol. The summed E-state index contributed by atoms with van der Waals surface area (Å²) in [6.07, 6.45) is 13.9. The van der Waals surface area contributed by atoms with E-state index in [2.05, 4.69) is 25.6 Å². The molecule has 0 aromatic heterocycles. The molecule has 0 spiro atoms.